The molecule has 2 rings (SSSR count). The fourth-order valence-corrected chi connectivity index (χ4v) is 5.04. The highest BCUT2D eigenvalue weighted by Gasteiger charge is 2.38. The van der Waals surface area contributed by atoms with E-state index in [4.69, 9.17) is 0 Å². The van der Waals surface area contributed by atoms with Gasteiger partial charge in [0, 0.05) is 0 Å². The lowest BCUT2D eigenvalue weighted by Gasteiger charge is -2.40. The van der Waals surface area contributed by atoms with Gasteiger partial charge in [-0.25, -0.2) is 0 Å². The standard InChI is InChI=1S/C21H37N/c1-3-5-6-7-14-21(17-22)15-12-20(13-16-21)19-10-8-18(4-2)9-11-19/h18-20H,3-16H2,1-2H3. The minimum absolute atomic E-state index is 0.0465. The van der Waals surface area contributed by atoms with Gasteiger partial charge in [0.1, 0.15) is 0 Å². The molecular weight excluding hydrogens is 266 g/mol. The van der Waals surface area contributed by atoms with Crippen molar-refractivity contribution in [1.29, 1.82) is 5.26 Å². The normalized spacial score (nSPS) is 36.0. The second-order valence-electron chi connectivity index (χ2n) is 8.23. The maximum absolute atomic E-state index is 9.71. The second kappa shape index (κ2) is 8.95. The van der Waals surface area contributed by atoms with Gasteiger partial charge in [0.05, 0.1) is 11.5 Å². The Bertz CT molecular complexity index is 337. The molecule has 0 aromatic heterocycles. The smallest absolute Gasteiger partial charge is 0.0689 e. The third kappa shape index (κ3) is 4.74. The van der Waals surface area contributed by atoms with Gasteiger partial charge in [-0.3, -0.25) is 0 Å². The van der Waals surface area contributed by atoms with Crippen LogP contribution in [-0.4, -0.2) is 0 Å². The summed E-state index contributed by atoms with van der Waals surface area (Å²) in [5, 5.41) is 9.71. The van der Waals surface area contributed by atoms with Crippen LogP contribution < -0.4 is 0 Å². The van der Waals surface area contributed by atoms with Gasteiger partial charge < -0.3 is 0 Å². The van der Waals surface area contributed by atoms with Crippen LogP contribution in [0.5, 0.6) is 0 Å². The van der Waals surface area contributed by atoms with Crippen molar-refractivity contribution in [2.24, 2.45) is 23.2 Å². The molecule has 2 fully saturated rings. The summed E-state index contributed by atoms with van der Waals surface area (Å²) in [6.07, 6.45) is 18.7. The highest BCUT2D eigenvalue weighted by molar-refractivity contribution is 5.02. The number of unbranched alkanes of at least 4 members (excludes halogenated alkanes) is 3. The molecule has 0 radical (unpaired) electrons. The van der Waals surface area contributed by atoms with Crippen molar-refractivity contribution < 1.29 is 0 Å². The van der Waals surface area contributed by atoms with Crippen LogP contribution in [0, 0.1) is 34.5 Å². The molecule has 0 N–H and O–H groups in total. The van der Waals surface area contributed by atoms with E-state index in [1.165, 1.54) is 89.9 Å². The molecule has 1 nitrogen and oxygen atoms in total. The molecule has 0 atom stereocenters. The Hall–Kier alpha value is -0.510. The minimum atomic E-state index is 0.0465. The third-order valence-corrected chi connectivity index (χ3v) is 6.87. The Morgan fingerprint density at radius 1 is 0.864 bits per heavy atom. The first kappa shape index (κ1) is 17.8. The molecule has 0 spiro atoms. The molecule has 2 saturated carbocycles. The molecular formula is C21H37N. The molecule has 0 amide bonds. The number of hydrogen-bond acceptors (Lipinski definition) is 1. The van der Waals surface area contributed by atoms with E-state index in [1.54, 1.807) is 0 Å². The molecule has 0 aromatic carbocycles. The number of nitrogens with zero attached hydrogens (tertiary/aromatic N) is 1. The van der Waals surface area contributed by atoms with E-state index in [-0.39, 0.29) is 5.41 Å². The van der Waals surface area contributed by atoms with Gasteiger partial charge in [-0.2, -0.15) is 5.26 Å². The highest BCUT2D eigenvalue weighted by atomic mass is 14.4. The Balaban J connectivity index is 1.75. The Morgan fingerprint density at radius 2 is 1.50 bits per heavy atom. The zero-order valence-corrected chi connectivity index (χ0v) is 15.1. The minimum Gasteiger partial charge on any atom is -0.198 e. The predicted octanol–water partition coefficient (Wildman–Crippen LogP) is 6.87. The monoisotopic (exact) mass is 303 g/mol. The van der Waals surface area contributed by atoms with Crippen molar-refractivity contribution in [2.75, 3.05) is 0 Å². The molecule has 1 heteroatoms. The van der Waals surface area contributed by atoms with Crippen LogP contribution in [0.25, 0.3) is 0 Å². The first-order valence-corrected chi connectivity index (χ1v) is 10.1. The zero-order valence-electron chi connectivity index (χ0n) is 15.1. The quantitative estimate of drug-likeness (QED) is 0.470. The Morgan fingerprint density at radius 3 is 2.05 bits per heavy atom. The van der Waals surface area contributed by atoms with E-state index in [0.717, 1.165) is 17.8 Å². The molecule has 0 unspecified atom stereocenters. The lowest BCUT2D eigenvalue weighted by Crippen LogP contribution is -2.31. The highest BCUT2D eigenvalue weighted by Crippen LogP contribution is 2.47. The SMILES string of the molecule is CCCCCCC1(C#N)CCC(C2CCC(CC)CC2)CC1. The van der Waals surface area contributed by atoms with Crippen molar-refractivity contribution in [3.63, 3.8) is 0 Å². The Kier molecular flexibility index (Phi) is 7.26. The van der Waals surface area contributed by atoms with Crippen molar-refractivity contribution in [1.82, 2.24) is 0 Å². The summed E-state index contributed by atoms with van der Waals surface area (Å²) in [6.45, 7) is 4.62. The van der Waals surface area contributed by atoms with Crippen LogP contribution >= 0.6 is 0 Å². The maximum Gasteiger partial charge on any atom is 0.0689 e. The average molecular weight is 304 g/mol. The zero-order chi connectivity index (χ0) is 15.8. The lowest BCUT2D eigenvalue weighted by atomic mass is 9.63. The number of nitriles is 1. The summed E-state index contributed by atoms with van der Waals surface area (Å²) in [5.41, 5.74) is 0.0465. The van der Waals surface area contributed by atoms with Gasteiger partial charge in [-0.1, -0.05) is 58.8 Å². The fraction of sp³-hybridized carbons (Fsp3) is 0.952. The average Bonchev–Trinajstić information content (AvgIpc) is 2.59. The van der Waals surface area contributed by atoms with Crippen LogP contribution in [-0.2, 0) is 0 Å². The van der Waals surface area contributed by atoms with E-state index in [1.807, 2.05) is 0 Å². The largest absolute Gasteiger partial charge is 0.198 e. The summed E-state index contributed by atoms with van der Waals surface area (Å²) < 4.78 is 0. The van der Waals surface area contributed by atoms with Crippen molar-refractivity contribution in [2.45, 2.75) is 104 Å². The third-order valence-electron chi connectivity index (χ3n) is 6.87. The summed E-state index contributed by atoms with van der Waals surface area (Å²) >= 11 is 0. The molecule has 126 valence electrons. The van der Waals surface area contributed by atoms with Crippen LogP contribution in [0.1, 0.15) is 104 Å². The molecule has 0 aliphatic heterocycles. The predicted molar refractivity (Wildman–Crippen MR) is 94.5 cm³/mol. The molecule has 0 aromatic rings. The summed E-state index contributed by atoms with van der Waals surface area (Å²) in [4.78, 5) is 0. The van der Waals surface area contributed by atoms with E-state index >= 15 is 0 Å². The summed E-state index contributed by atoms with van der Waals surface area (Å²) in [6, 6.07) is 2.73. The van der Waals surface area contributed by atoms with Crippen LogP contribution in [0.2, 0.25) is 0 Å². The topological polar surface area (TPSA) is 23.8 Å². The Labute approximate surface area is 138 Å². The molecule has 2 aliphatic rings. The van der Waals surface area contributed by atoms with Gasteiger partial charge in [-0.15, -0.1) is 0 Å². The lowest BCUT2D eigenvalue weighted by molar-refractivity contribution is 0.116. The maximum atomic E-state index is 9.71. The molecule has 22 heavy (non-hydrogen) atoms. The van der Waals surface area contributed by atoms with Gasteiger partial charge in [0.15, 0.2) is 0 Å². The van der Waals surface area contributed by atoms with E-state index in [0.29, 0.717) is 0 Å². The van der Waals surface area contributed by atoms with Crippen LogP contribution in [0.3, 0.4) is 0 Å². The van der Waals surface area contributed by atoms with E-state index < -0.39 is 0 Å². The van der Waals surface area contributed by atoms with Crippen molar-refractivity contribution in [3.05, 3.63) is 0 Å². The van der Waals surface area contributed by atoms with Crippen LogP contribution in [0.15, 0.2) is 0 Å². The molecule has 2 aliphatic carbocycles. The van der Waals surface area contributed by atoms with Gasteiger partial charge >= 0.3 is 0 Å². The van der Waals surface area contributed by atoms with Crippen molar-refractivity contribution >= 4 is 0 Å². The van der Waals surface area contributed by atoms with E-state index in [2.05, 4.69) is 19.9 Å². The molecule has 0 saturated heterocycles. The van der Waals surface area contributed by atoms with Gasteiger partial charge in [0.2, 0.25) is 0 Å². The second-order valence-corrected chi connectivity index (χ2v) is 8.23. The first-order chi connectivity index (χ1) is 10.7. The van der Waals surface area contributed by atoms with Gasteiger partial charge in [-0.05, 0) is 62.7 Å². The fourth-order valence-electron chi connectivity index (χ4n) is 5.04. The van der Waals surface area contributed by atoms with Gasteiger partial charge in [0.25, 0.3) is 0 Å². The van der Waals surface area contributed by atoms with E-state index in [9.17, 15) is 5.26 Å². The summed E-state index contributed by atoms with van der Waals surface area (Å²) in [5.74, 6) is 2.94. The first-order valence-electron chi connectivity index (χ1n) is 10.1. The van der Waals surface area contributed by atoms with Crippen LogP contribution in [0.4, 0.5) is 0 Å². The number of rotatable bonds is 7. The molecule has 0 bridgehead atoms. The van der Waals surface area contributed by atoms with Crippen molar-refractivity contribution in [3.8, 4) is 6.07 Å². The number of hydrogen-bond donors (Lipinski definition) is 0. The molecule has 0 heterocycles. The summed E-state index contributed by atoms with van der Waals surface area (Å²) in [7, 11) is 0.